The van der Waals surface area contributed by atoms with E-state index in [9.17, 15) is 18.0 Å². The highest BCUT2D eigenvalue weighted by molar-refractivity contribution is 6.01. The van der Waals surface area contributed by atoms with Crippen molar-refractivity contribution >= 4 is 29.3 Å². The van der Waals surface area contributed by atoms with Gasteiger partial charge < -0.3 is 10.1 Å². The lowest BCUT2D eigenvalue weighted by atomic mass is 10.1. The number of carbonyl (C=O) groups excluding carboxylic acids is 1. The summed E-state index contributed by atoms with van der Waals surface area (Å²) in [5.74, 6) is -0.330. The molecule has 3 N–H and O–H groups in total. The van der Waals surface area contributed by atoms with Crippen molar-refractivity contribution in [3.63, 3.8) is 0 Å². The average molecular weight is 483 g/mol. The zero-order valence-corrected chi connectivity index (χ0v) is 19.3. The maximum Gasteiger partial charge on any atom is 0.573 e. The number of urea groups is 1. The van der Waals surface area contributed by atoms with Crippen molar-refractivity contribution in [2.24, 2.45) is 10.2 Å². The predicted octanol–water partition coefficient (Wildman–Crippen LogP) is 6.19. The molecule has 0 radical (unpaired) electrons. The normalized spacial score (nSPS) is 11.9. The Kier molecular flexibility index (Phi) is 8.08. The van der Waals surface area contributed by atoms with Gasteiger partial charge >= 0.3 is 12.4 Å². The van der Waals surface area contributed by atoms with Gasteiger partial charge in [0.25, 0.3) is 0 Å². The summed E-state index contributed by atoms with van der Waals surface area (Å²) in [6.07, 6.45) is -3.32. The van der Waals surface area contributed by atoms with Crippen LogP contribution in [0.5, 0.6) is 5.75 Å². The SMILES string of the molecule is C/C(=N\Nc1ccc(/C=N/NC(=O)Nc2c(C)cccc2C)cc1)c1ccccc1OC(F)(F)F. The van der Waals surface area contributed by atoms with Crippen LogP contribution in [0.2, 0.25) is 0 Å². The van der Waals surface area contributed by atoms with Crippen molar-refractivity contribution in [1.82, 2.24) is 5.43 Å². The van der Waals surface area contributed by atoms with E-state index in [0.29, 0.717) is 17.0 Å². The minimum atomic E-state index is -4.80. The Morgan fingerprint density at radius 1 is 0.943 bits per heavy atom. The lowest BCUT2D eigenvalue weighted by molar-refractivity contribution is -0.274. The van der Waals surface area contributed by atoms with E-state index < -0.39 is 12.4 Å². The van der Waals surface area contributed by atoms with E-state index in [0.717, 1.165) is 16.8 Å². The molecule has 0 aliphatic rings. The molecule has 2 amide bonds. The molecule has 0 spiro atoms. The Morgan fingerprint density at radius 3 is 2.26 bits per heavy atom. The van der Waals surface area contributed by atoms with Crippen molar-refractivity contribution in [2.75, 3.05) is 10.7 Å². The molecule has 3 rings (SSSR count). The molecule has 35 heavy (non-hydrogen) atoms. The molecule has 0 bridgehead atoms. The molecule has 0 saturated heterocycles. The van der Waals surface area contributed by atoms with E-state index in [-0.39, 0.29) is 11.3 Å². The molecule has 7 nitrogen and oxygen atoms in total. The minimum absolute atomic E-state index is 0.214. The zero-order valence-electron chi connectivity index (χ0n) is 19.3. The number of alkyl halides is 3. The molecular formula is C25H24F3N5O2. The van der Waals surface area contributed by atoms with Gasteiger partial charge in [0.1, 0.15) is 5.75 Å². The summed E-state index contributed by atoms with van der Waals surface area (Å²) in [5, 5.41) is 10.9. The summed E-state index contributed by atoms with van der Waals surface area (Å²) in [5.41, 5.74) is 9.70. The van der Waals surface area contributed by atoms with E-state index in [1.807, 2.05) is 32.0 Å². The molecule has 182 valence electrons. The number of benzene rings is 3. The topological polar surface area (TPSA) is 87.1 Å². The van der Waals surface area contributed by atoms with Gasteiger partial charge in [0.05, 0.1) is 17.6 Å². The smallest absolute Gasteiger partial charge is 0.405 e. The third-order valence-corrected chi connectivity index (χ3v) is 4.87. The molecule has 0 atom stereocenters. The maximum atomic E-state index is 12.6. The molecule has 0 aromatic heterocycles. The fraction of sp³-hybridized carbons (Fsp3) is 0.160. The molecule has 0 aliphatic carbocycles. The van der Waals surface area contributed by atoms with Crippen LogP contribution in [-0.2, 0) is 0 Å². The van der Waals surface area contributed by atoms with Crippen molar-refractivity contribution < 1.29 is 22.7 Å². The summed E-state index contributed by atoms with van der Waals surface area (Å²) >= 11 is 0. The highest BCUT2D eigenvalue weighted by Gasteiger charge is 2.32. The largest absolute Gasteiger partial charge is 0.573 e. The van der Waals surface area contributed by atoms with Crippen molar-refractivity contribution in [1.29, 1.82) is 0 Å². The van der Waals surface area contributed by atoms with E-state index in [4.69, 9.17) is 0 Å². The molecule has 10 heteroatoms. The van der Waals surface area contributed by atoms with Crippen LogP contribution in [0, 0.1) is 13.8 Å². The van der Waals surface area contributed by atoms with Crippen LogP contribution in [0.15, 0.2) is 76.9 Å². The highest BCUT2D eigenvalue weighted by atomic mass is 19.4. The monoisotopic (exact) mass is 483 g/mol. The van der Waals surface area contributed by atoms with Gasteiger partial charge in [-0.2, -0.15) is 10.2 Å². The molecule has 0 aliphatic heterocycles. The number of carbonyl (C=O) groups is 1. The number of nitrogens with zero attached hydrogens (tertiary/aromatic N) is 2. The van der Waals surface area contributed by atoms with Crippen LogP contribution in [0.3, 0.4) is 0 Å². The standard InChI is InChI=1S/C25H24F3N5O2/c1-16-7-6-8-17(2)23(16)30-24(34)33-29-15-19-11-13-20(14-12-19)32-31-18(3)21-9-4-5-10-22(21)35-25(26,27)28/h4-15,32H,1-3H3,(H2,30,33,34)/b29-15+,31-18+. The number of hydrazone groups is 2. The van der Waals surface area contributed by atoms with E-state index >= 15 is 0 Å². The van der Waals surface area contributed by atoms with Crippen LogP contribution in [0.1, 0.15) is 29.2 Å². The fourth-order valence-corrected chi connectivity index (χ4v) is 3.15. The number of halogens is 3. The summed E-state index contributed by atoms with van der Waals surface area (Å²) in [7, 11) is 0. The van der Waals surface area contributed by atoms with Gasteiger partial charge in [-0.15, -0.1) is 13.2 Å². The number of nitrogens with one attached hydrogen (secondary N) is 3. The number of rotatable bonds is 7. The number of ether oxygens (including phenoxy) is 1. The Balaban J connectivity index is 1.57. The second kappa shape index (κ2) is 11.2. The van der Waals surface area contributed by atoms with Gasteiger partial charge in [0.2, 0.25) is 0 Å². The first-order valence-electron chi connectivity index (χ1n) is 10.5. The van der Waals surface area contributed by atoms with Crippen LogP contribution < -0.4 is 20.9 Å². The molecule has 3 aromatic rings. The summed E-state index contributed by atoms with van der Waals surface area (Å²) in [6.45, 7) is 5.38. The molecule has 0 saturated carbocycles. The third-order valence-electron chi connectivity index (χ3n) is 4.87. The number of hydrogen-bond acceptors (Lipinski definition) is 5. The summed E-state index contributed by atoms with van der Waals surface area (Å²) in [4.78, 5) is 12.1. The Bertz CT molecular complexity index is 1220. The summed E-state index contributed by atoms with van der Waals surface area (Å²) in [6, 6.07) is 17.9. The predicted molar refractivity (Wildman–Crippen MR) is 131 cm³/mol. The first-order valence-corrected chi connectivity index (χ1v) is 10.5. The average Bonchev–Trinajstić information content (AvgIpc) is 2.80. The van der Waals surface area contributed by atoms with Crippen molar-refractivity contribution in [2.45, 2.75) is 27.1 Å². The van der Waals surface area contributed by atoms with Gasteiger partial charge in [-0.3, -0.25) is 5.43 Å². The molecule has 0 unspecified atom stereocenters. The van der Waals surface area contributed by atoms with E-state index in [2.05, 4.69) is 31.1 Å². The summed E-state index contributed by atoms with van der Waals surface area (Å²) < 4.78 is 41.9. The second-order valence-electron chi connectivity index (χ2n) is 7.57. The molecular weight excluding hydrogens is 459 g/mol. The van der Waals surface area contributed by atoms with Gasteiger partial charge in [-0.1, -0.05) is 42.5 Å². The molecule has 0 heterocycles. The number of anilines is 2. The maximum absolute atomic E-state index is 12.6. The van der Waals surface area contributed by atoms with Gasteiger partial charge in [0.15, 0.2) is 0 Å². The van der Waals surface area contributed by atoms with Gasteiger partial charge in [-0.05, 0) is 61.7 Å². The number of para-hydroxylation sites is 2. The number of aryl methyl sites for hydroxylation is 2. The fourth-order valence-electron chi connectivity index (χ4n) is 3.15. The zero-order chi connectivity index (χ0) is 25.4. The van der Waals surface area contributed by atoms with E-state index in [1.165, 1.54) is 24.4 Å². The van der Waals surface area contributed by atoms with Crippen LogP contribution >= 0.6 is 0 Å². The number of amides is 2. The quantitative estimate of drug-likeness (QED) is 0.276. The first-order chi connectivity index (χ1) is 16.6. The first kappa shape index (κ1) is 25.3. The molecule has 3 aromatic carbocycles. The second-order valence-corrected chi connectivity index (χ2v) is 7.57. The lowest BCUT2D eigenvalue weighted by Crippen LogP contribution is -2.25. The van der Waals surface area contributed by atoms with Crippen molar-refractivity contribution in [3.8, 4) is 5.75 Å². The lowest BCUT2D eigenvalue weighted by Gasteiger charge is -2.13. The van der Waals surface area contributed by atoms with Crippen LogP contribution in [0.4, 0.5) is 29.3 Å². The Labute approximate surface area is 200 Å². The van der Waals surface area contributed by atoms with Gasteiger partial charge in [0, 0.05) is 11.3 Å². The minimum Gasteiger partial charge on any atom is -0.405 e. The van der Waals surface area contributed by atoms with Crippen LogP contribution in [0.25, 0.3) is 0 Å². The van der Waals surface area contributed by atoms with Crippen molar-refractivity contribution in [3.05, 3.63) is 89.0 Å². The number of hydrogen-bond donors (Lipinski definition) is 3. The highest BCUT2D eigenvalue weighted by Crippen LogP contribution is 2.26. The molecule has 0 fully saturated rings. The van der Waals surface area contributed by atoms with Gasteiger partial charge in [-0.25, -0.2) is 10.2 Å². The Morgan fingerprint density at radius 2 is 1.60 bits per heavy atom. The van der Waals surface area contributed by atoms with Crippen LogP contribution in [-0.4, -0.2) is 24.3 Å². The third kappa shape index (κ3) is 7.60. The Hall–Kier alpha value is -4.34. The van der Waals surface area contributed by atoms with E-state index in [1.54, 1.807) is 37.3 Å².